The molecule has 2 aromatic carbocycles. The number of carbonyl (C=O) groups excluding carboxylic acids is 2. The molecule has 0 aliphatic carbocycles. The molecule has 1 N–H and O–H groups in total. The number of aromatic amines is 1. The van der Waals surface area contributed by atoms with Crippen molar-refractivity contribution in [2.24, 2.45) is 0 Å². The van der Waals surface area contributed by atoms with Crippen molar-refractivity contribution in [3.8, 4) is 0 Å². The van der Waals surface area contributed by atoms with E-state index in [0.29, 0.717) is 15.6 Å². The number of aromatic nitrogens is 1. The molecule has 0 bridgehead atoms. The van der Waals surface area contributed by atoms with Crippen LogP contribution in [0.5, 0.6) is 0 Å². The molecule has 0 fully saturated rings. The predicted octanol–water partition coefficient (Wildman–Crippen LogP) is 3.92. The predicted molar refractivity (Wildman–Crippen MR) is 103 cm³/mol. The molecule has 0 spiro atoms. The smallest absolute Gasteiger partial charge is 0.338 e. The van der Waals surface area contributed by atoms with E-state index in [1.54, 1.807) is 19.1 Å². The summed E-state index contributed by atoms with van der Waals surface area (Å²) >= 11 is 0. The first-order valence-corrected chi connectivity index (χ1v) is 8.46. The molecule has 3 rings (SSSR count). The van der Waals surface area contributed by atoms with Crippen LogP contribution in [0.4, 0.5) is 5.69 Å². The summed E-state index contributed by atoms with van der Waals surface area (Å²) in [6.07, 6.45) is 0. The molecule has 0 unspecified atom stereocenters. The highest BCUT2D eigenvalue weighted by Gasteiger charge is 2.16. The number of ether oxygens (including phenoxy) is 1. The fourth-order valence-electron chi connectivity index (χ4n) is 2.77. The topological polar surface area (TPSA) is 59.2 Å². The number of nitrogens with one attached hydrogen (secondary N) is 1. The molecule has 0 amide bonds. The first-order valence-electron chi connectivity index (χ1n) is 8.46. The number of Topliss-reactive ketones (excluding diaryl/α,β-unsaturated/α-hetero) is 1. The summed E-state index contributed by atoms with van der Waals surface area (Å²) in [7, 11) is 6.14. The third kappa shape index (κ3) is 3.83. The Hall–Kier alpha value is -2.92. The highest BCUT2D eigenvalue weighted by Crippen LogP contribution is 2.21. The molecule has 0 atom stereocenters. The Morgan fingerprint density at radius 3 is 2.46 bits per heavy atom. The summed E-state index contributed by atoms with van der Waals surface area (Å²) in [5, 5.41) is 0.927. The van der Waals surface area contributed by atoms with E-state index in [0.717, 1.165) is 22.3 Å². The fourth-order valence-corrected chi connectivity index (χ4v) is 2.77. The average Bonchev–Trinajstić information content (AvgIpc) is 3.01. The first kappa shape index (κ1) is 17.9. The van der Waals surface area contributed by atoms with Crippen molar-refractivity contribution in [1.82, 2.24) is 9.47 Å². The molecule has 26 heavy (non-hydrogen) atoms. The number of hydrogen-bond acceptors (Lipinski definition) is 3. The minimum absolute atomic E-state index is 0.0261. The lowest BCUT2D eigenvalue weighted by Crippen LogP contribution is -2.34. The SMILES string of the molecule is CC(=O)c1ccc2[nH]c(COC(=O)c3cccc([N+](C)(C)C)c3)cc2c1. The van der Waals surface area contributed by atoms with Gasteiger partial charge < -0.3 is 9.72 Å². The van der Waals surface area contributed by atoms with Gasteiger partial charge in [-0.25, -0.2) is 4.79 Å². The van der Waals surface area contributed by atoms with Crippen LogP contribution < -0.4 is 4.48 Å². The van der Waals surface area contributed by atoms with Crippen LogP contribution in [0, 0.1) is 0 Å². The molecule has 0 aliphatic rings. The second-order valence-corrected chi connectivity index (χ2v) is 7.29. The Balaban J connectivity index is 1.73. The lowest BCUT2D eigenvalue weighted by Gasteiger charge is -2.23. The van der Waals surface area contributed by atoms with Crippen LogP contribution in [-0.4, -0.2) is 37.9 Å². The Morgan fingerprint density at radius 1 is 1.00 bits per heavy atom. The fraction of sp³-hybridized carbons (Fsp3) is 0.238. The van der Waals surface area contributed by atoms with E-state index in [1.165, 1.54) is 0 Å². The van der Waals surface area contributed by atoms with Crippen LogP contribution in [-0.2, 0) is 11.3 Å². The Bertz CT molecular complexity index is 980. The number of H-pyrrole nitrogens is 1. The van der Waals surface area contributed by atoms with Crippen LogP contribution in [0.15, 0.2) is 48.5 Å². The summed E-state index contributed by atoms with van der Waals surface area (Å²) in [6.45, 7) is 1.69. The molecule has 1 heterocycles. The molecule has 0 aliphatic heterocycles. The van der Waals surface area contributed by atoms with Crippen molar-refractivity contribution in [3.63, 3.8) is 0 Å². The monoisotopic (exact) mass is 351 g/mol. The number of nitrogens with zero attached hydrogens (tertiary/aromatic N) is 1. The molecule has 0 saturated carbocycles. The van der Waals surface area contributed by atoms with Gasteiger partial charge in [0.25, 0.3) is 0 Å². The lowest BCUT2D eigenvalue weighted by molar-refractivity contribution is 0.0468. The molecule has 134 valence electrons. The summed E-state index contributed by atoms with van der Waals surface area (Å²) in [5.41, 5.74) is 3.93. The number of rotatable bonds is 5. The second kappa shape index (κ2) is 6.77. The largest absolute Gasteiger partial charge is 0.456 e. The third-order valence-corrected chi connectivity index (χ3v) is 4.30. The zero-order valence-electron chi connectivity index (χ0n) is 15.5. The number of ketones is 1. The first-order chi connectivity index (χ1) is 12.2. The molecule has 3 aromatic rings. The van der Waals surface area contributed by atoms with Crippen molar-refractivity contribution in [1.29, 1.82) is 0 Å². The van der Waals surface area contributed by atoms with E-state index in [2.05, 4.69) is 4.98 Å². The van der Waals surface area contributed by atoms with Crippen LogP contribution in [0.1, 0.15) is 33.3 Å². The standard InChI is InChI=1S/C21H22N2O3/c1-14(24)15-8-9-20-17(10-15)11-18(22-20)13-26-21(25)16-6-5-7-19(12-16)23(2,3)4/h5-12H,13H2,1-4H3/p+1. The maximum absolute atomic E-state index is 12.4. The van der Waals surface area contributed by atoms with Crippen molar-refractivity contribution < 1.29 is 14.3 Å². The molecule has 1 aromatic heterocycles. The zero-order chi connectivity index (χ0) is 18.9. The third-order valence-electron chi connectivity index (χ3n) is 4.30. The van der Waals surface area contributed by atoms with Crippen LogP contribution in [0.25, 0.3) is 10.9 Å². The van der Waals surface area contributed by atoms with Crippen LogP contribution in [0.2, 0.25) is 0 Å². The van der Waals surface area contributed by atoms with Gasteiger partial charge in [-0.05, 0) is 43.3 Å². The number of benzene rings is 2. The maximum atomic E-state index is 12.4. The van der Waals surface area contributed by atoms with Gasteiger partial charge in [0.2, 0.25) is 0 Å². The number of fused-ring (bicyclic) bond motifs is 1. The second-order valence-electron chi connectivity index (χ2n) is 7.29. The Morgan fingerprint density at radius 2 is 1.77 bits per heavy atom. The lowest BCUT2D eigenvalue weighted by atomic mass is 10.1. The van der Waals surface area contributed by atoms with E-state index >= 15 is 0 Å². The van der Waals surface area contributed by atoms with Gasteiger partial charge in [-0.3, -0.25) is 9.28 Å². The summed E-state index contributed by atoms with van der Waals surface area (Å²) < 4.78 is 6.07. The van der Waals surface area contributed by atoms with E-state index in [1.807, 2.05) is 57.5 Å². The van der Waals surface area contributed by atoms with E-state index in [9.17, 15) is 9.59 Å². The Kier molecular flexibility index (Phi) is 4.66. The number of esters is 1. The van der Waals surface area contributed by atoms with Gasteiger partial charge >= 0.3 is 5.97 Å². The van der Waals surface area contributed by atoms with Crippen LogP contribution >= 0.6 is 0 Å². The molecular formula is C21H23N2O3+. The van der Waals surface area contributed by atoms with E-state index < -0.39 is 0 Å². The van der Waals surface area contributed by atoms with Crippen molar-refractivity contribution >= 4 is 28.3 Å². The van der Waals surface area contributed by atoms with Gasteiger partial charge in [0.05, 0.1) is 32.4 Å². The average molecular weight is 351 g/mol. The summed E-state index contributed by atoms with van der Waals surface area (Å²) in [5.74, 6) is -0.332. The Labute approximate surface area is 152 Å². The van der Waals surface area contributed by atoms with Gasteiger partial charge in [-0.1, -0.05) is 6.07 Å². The highest BCUT2D eigenvalue weighted by atomic mass is 16.5. The van der Waals surface area contributed by atoms with Gasteiger partial charge in [0.1, 0.15) is 12.3 Å². The minimum atomic E-state index is -0.358. The van der Waals surface area contributed by atoms with E-state index in [4.69, 9.17) is 4.74 Å². The molecule has 0 saturated heterocycles. The maximum Gasteiger partial charge on any atom is 0.338 e. The van der Waals surface area contributed by atoms with E-state index in [-0.39, 0.29) is 18.4 Å². The minimum Gasteiger partial charge on any atom is -0.456 e. The van der Waals surface area contributed by atoms with Gasteiger partial charge in [-0.15, -0.1) is 0 Å². The highest BCUT2D eigenvalue weighted by molar-refractivity contribution is 5.98. The molecule has 5 heteroatoms. The van der Waals surface area contributed by atoms with Gasteiger partial charge in [0.15, 0.2) is 5.78 Å². The van der Waals surface area contributed by atoms with Gasteiger partial charge in [-0.2, -0.15) is 0 Å². The van der Waals surface area contributed by atoms with Crippen molar-refractivity contribution in [2.75, 3.05) is 21.1 Å². The number of hydrogen-bond donors (Lipinski definition) is 1. The molecule has 5 nitrogen and oxygen atoms in total. The van der Waals surface area contributed by atoms with Crippen molar-refractivity contribution in [3.05, 3.63) is 65.4 Å². The normalized spacial score (nSPS) is 11.5. The molecule has 0 radical (unpaired) electrons. The quantitative estimate of drug-likeness (QED) is 0.430. The van der Waals surface area contributed by atoms with Gasteiger partial charge in [0, 0.05) is 22.5 Å². The van der Waals surface area contributed by atoms with Crippen molar-refractivity contribution in [2.45, 2.75) is 13.5 Å². The number of quaternary nitrogens is 1. The molecular weight excluding hydrogens is 328 g/mol. The summed E-state index contributed by atoms with van der Waals surface area (Å²) in [4.78, 5) is 27.1. The summed E-state index contributed by atoms with van der Waals surface area (Å²) in [6, 6.07) is 14.8. The van der Waals surface area contributed by atoms with Crippen LogP contribution in [0.3, 0.4) is 0 Å². The number of carbonyl (C=O) groups is 2. The zero-order valence-corrected chi connectivity index (χ0v) is 15.5.